The Morgan fingerprint density at radius 3 is 2.65 bits per heavy atom. The number of hydrogen-bond acceptors (Lipinski definition) is 3. The molecule has 0 spiro atoms. The number of amides is 1. The van der Waals surface area contributed by atoms with Gasteiger partial charge >= 0.3 is 0 Å². The van der Waals surface area contributed by atoms with Gasteiger partial charge in [0.1, 0.15) is 10.6 Å². The highest BCUT2D eigenvalue weighted by molar-refractivity contribution is 7.89. The number of carbonyl (C=O) groups is 1. The Labute approximate surface area is 119 Å². The summed E-state index contributed by atoms with van der Waals surface area (Å²) in [6.45, 7) is 3.89. The summed E-state index contributed by atoms with van der Waals surface area (Å²) >= 11 is 0. The van der Waals surface area contributed by atoms with Gasteiger partial charge in [0.25, 0.3) is 5.91 Å². The van der Waals surface area contributed by atoms with Gasteiger partial charge in [-0.15, -0.1) is 0 Å². The molecule has 0 saturated heterocycles. The Balaban J connectivity index is 2.34. The number of carbonyl (C=O) groups excluding carboxylic acids is 1. The van der Waals surface area contributed by atoms with Crippen LogP contribution in [0, 0.1) is 0 Å². The van der Waals surface area contributed by atoms with Crippen molar-refractivity contribution in [3.8, 4) is 0 Å². The summed E-state index contributed by atoms with van der Waals surface area (Å²) in [6, 6.07) is 1.61. The molecule has 2 rings (SSSR count). The molecule has 1 fully saturated rings. The summed E-state index contributed by atoms with van der Waals surface area (Å²) in [5.41, 5.74) is 0.374. The summed E-state index contributed by atoms with van der Waals surface area (Å²) in [7, 11) is -3.79. The van der Waals surface area contributed by atoms with Crippen LogP contribution in [0.4, 0.5) is 0 Å². The molecule has 1 aliphatic rings. The van der Waals surface area contributed by atoms with E-state index in [1.54, 1.807) is 4.57 Å². The Kier molecular flexibility index (Phi) is 4.19. The van der Waals surface area contributed by atoms with Crippen molar-refractivity contribution in [2.45, 2.75) is 56.5 Å². The Bertz CT molecular complexity index is 602. The summed E-state index contributed by atoms with van der Waals surface area (Å²) in [6.07, 6.45) is 5.31. The van der Waals surface area contributed by atoms with E-state index in [1.807, 2.05) is 13.8 Å². The van der Waals surface area contributed by atoms with Gasteiger partial charge in [0, 0.05) is 18.3 Å². The van der Waals surface area contributed by atoms with Crippen molar-refractivity contribution in [2.24, 2.45) is 5.14 Å². The molecule has 1 heterocycles. The van der Waals surface area contributed by atoms with E-state index < -0.39 is 10.0 Å². The molecule has 20 heavy (non-hydrogen) atoms. The SMILES string of the molecule is CCC(C)NC(=O)c1cc(S(N)(=O)=O)cn1C1CCC1. The fraction of sp³-hybridized carbons (Fsp3) is 0.615. The fourth-order valence-electron chi connectivity index (χ4n) is 2.16. The number of nitrogens with one attached hydrogen (secondary N) is 1. The van der Waals surface area contributed by atoms with Crippen LogP contribution in [0.2, 0.25) is 0 Å². The third kappa shape index (κ3) is 3.04. The predicted octanol–water partition coefficient (Wildman–Crippen LogP) is 1.39. The summed E-state index contributed by atoms with van der Waals surface area (Å²) in [4.78, 5) is 12.3. The number of nitrogens with zero attached hydrogens (tertiary/aromatic N) is 1. The van der Waals surface area contributed by atoms with E-state index >= 15 is 0 Å². The molecule has 1 aliphatic carbocycles. The van der Waals surface area contributed by atoms with Gasteiger partial charge in [-0.1, -0.05) is 6.92 Å². The smallest absolute Gasteiger partial charge is 0.268 e. The fourth-order valence-corrected chi connectivity index (χ4v) is 2.69. The molecule has 3 N–H and O–H groups in total. The van der Waals surface area contributed by atoms with Gasteiger partial charge in [0.2, 0.25) is 10.0 Å². The summed E-state index contributed by atoms with van der Waals surface area (Å²) in [5.74, 6) is -0.249. The van der Waals surface area contributed by atoms with E-state index in [0.29, 0.717) is 5.69 Å². The molecule has 7 heteroatoms. The van der Waals surface area contributed by atoms with Gasteiger partial charge in [-0.05, 0) is 38.7 Å². The number of aromatic nitrogens is 1. The van der Waals surface area contributed by atoms with Crippen LogP contribution in [0.15, 0.2) is 17.2 Å². The zero-order chi connectivity index (χ0) is 14.9. The minimum Gasteiger partial charge on any atom is -0.348 e. The first-order valence-corrected chi connectivity index (χ1v) is 8.43. The van der Waals surface area contributed by atoms with Crippen molar-refractivity contribution in [3.05, 3.63) is 18.0 Å². The maximum absolute atomic E-state index is 12.3. The molecule has 1 aromatic rings. The molecule has 0 bridgehead atoms. The van der Waals surface area contributed by atoms with E-state index in [2.05, 4.69) is 5.32 Å². The highest BCUT2D eigenvalue weighted by atomic mass is 32.2. The lowest BCUT2D eigenvalue weighted by molar-refractivity contribution is 0.0924. The minimum atomic E-state index is -3.79. The van der Waals surface area contributed by atoms with Crippen molar-refractivity contribution in [1.29, 1.82) is 0 Å². The van der Waals surface area contributed by atoms with E-state index in [-0.39, 0.29) is 22.9 Å². The molecule has 6 nitrogen and oxygen atoms in total. The van der Waals surface area contributed by atoms with Gasteiger partial charge in [0.05, 0.1) is 0 Å². The maximum atomic E-state index is 12.3. The lowest BCUT2D eigenvalue weighted by Gasteiger charge is -2.29. The van der Waals surface area contributed by atoms with Crippen molar-refractivity contribution in [2.75, 3.05) is 0 Å². The van der Waals surface area contributed by atoms with Crippen molar-refractivity contribution >= 4 is 15.9 Å². The quantitative estimate of drug-likeness (QED) is 0.860. The zero-order valence-electron chi connectivity index (χ0n) is 11.8. The number of nitrogens with two attached hydrogens (primary N) is 1. The summed E-state index contributed by atoms with van der Waals surface area (Å²) < 4.78 is 24.7. The molecule has 1 atom stereocenters. The second-order valence-corrected chi connectivity index (χ2v) is 6.94. The number of primary sulfonamides is 1. The molecular formula is C13H21N3O3S. The number of hydrogen-bond donors (Lipinski definition) is 2. The summed E-state index contributed by atoms with van der Waals surface area (Å²) in [5, 5.41) is 8.01. The van der Waals surface area contributed by atoms with Crippen LogP contribution in [-0.2, 0) is 10.0 Å². The lowest BCUT2D eigenvalue weighted by atomic mass is 9.93. The zero-order valence-corrected chi connectivity index (χ0v) is 12.6. The third-order valence-electron chi connectivity index (χ3n) is 3.84. The van der Waals surface area contributed by atoms with Gasteiger partial charge in [0.15, 0.2) is 0 Å². The highest BCUT2D eigenvalue weighted by Crippen LogP contribution is 2.34. The molecule has 0 aliphatic heterocycles. The molecule has 0 aromatic carbocycles. The monoisotopic (exact) mass is 299 g/mol. The van der Waals surface area contributed by atoms with E-state index in [4.69, 9.17) is 5.14 Å². The molecular weight excluding hydrogens is 278 g/mol. The molecule has 0 radical (unpaired) electrons. The van der Waals surface area contributed by atoms with Crippen LogP contribution in [0.3, 0.4) is 0 Å². The van der Waals surface area contributed by atoms with Crippen LogP contribution >= 0.6 is 0 Å². The Hall–Kier alpha value is -1.34. The molecule has 112 valence electrons. The lowest BCUT2D eigenvalue weighted by Crippen LogP contribution is -2.34. The first kappa shape index (κ1) is 15.1. The van der Waals surface area contributed by atoms with Crippen LogP contribution in [0.25, 0.3) is 0 Å². The minimum absolute atomic E-state index is 0.00120. The first-order valence-electron chi connectivity index (χ1n) is 6.88. The number of sulfonamides is 1. The van der Waals surface area contributed by atoms with Crippen LogP contribution in [0.5, 0.6) is 0 Å². The topological polar surface area (TPSA) is 94.2 Å². The first-order chi connectivity index (χ1) is 9.32. The maximum Gasteiger partial charge on any atom is 0.268 e. The number of rotatable bonds is 5. The second-order valence-electron chi connectivity index (χ2n) is 5.38. The van der Waals surface area contributed by atoms with Crippen LogP contribution < -0.4 is 10.5 Å². The normalized spacial score (nSPS) is 17.6. The van der Waals surface area contributed by atoms with Gasteiger partial charge < -0.3 is 9.88 Å². The largest absolute Gasteiger partial charge is 0.348 e. The highest BCUT2D eigenvalue weighted by Gasteiger charge is 2.27. The third-order valence-corrected chi connectivity index (χ3v) is 4.72. The van der Waals surface area contributed by atoms with Gasteiger partial charge in [-0.25, -0.2) is 13.6 Å². The van der Waals surface area contributed by atoms with E-state index in [0.717, 1.165) is 25.7 Å². The van der Waals surface area contributed by atoms with Crippen molar-refractivity contribution < 1.29 is 13.2 Å². The van der Waals surface area contributed by atoms with Gasteiger partial charge in [-0.2, -0.15) is 0 Å². The van der Waals surface area contributed by atoms with Crippen molar-refractivity contribution in [1.82, 2.24) is 9.88 Å². The van der Waals surface area contributed by atoms with Gasteiger partial charge in [-0.3, -0.25) is 4.79 Å². The van der Waals surface area contributed by atoms with Crippen LogP contribution in [0.1, 0.15) is 56.1 Å². The molecule has 1 aromatic heterocycles. The Morgan fingerprint density at radius 2 is 2.20 bits per heavy atom. The average Bonchev–Trinajstić information content (AvgIpc) is 2.71. The predicted molar refractivity (Wildman–Crippen MR) is 75.9 cm³/mol. The standard InChI is InChI=1S/C13H21N3O3S/c1-3-9(2)15-13(17)12-7-11(20(14,18)19)8-16(12)10-5-4-6-10/h7-10H,3-6H2,1-2H3,(H,15,17)(H2,14,18,19). The molecule has 1 saturated carbocycles. The second kappa shape index (κ2) is 5.57. The van der Waals surface area contributed by atoms with Crippen molar-refractivity contribution in [3.63, 3.8) is 0 Å². The Morgan fingerprint density at radius 1 is 1.55 bits per heavy atom. The average molecular weight is 299 g/mol. The van der Waals surface area contributed by atoms with Crippen LogP contribution in [-0.4, -0.2) is 24.9 Å². The van der Waals surface area contributed by atoms with E-state index in [9.17, 15) is 13.2 Å². The molecule has 1 unspecified atom stereocenters. The molecule has 1 amide bonds. The van der Waals surface area contributed by atoms with E-state index in [1.165, 1.54) is 12.3 Å².